The van der Waals surface area contributed by atoms with Crippen LogP contribution >= 0.6 is 0 Å². The SMILES string of the molecule is c1ccc(-c2nc(-c3cccc(-n4c5ccccc5c5ccccc54)c3)nc(-c3cccc4oc5cc(-c6nc7ccccc7n6-c6ccccc6)ccc5c34)n2)cc1. The maximum atomic E-state index is 6.64. The number of furan rings is 1. The maximum Gasteiger partial charge on any atom is 0.164 e. The molecule has 0 fully saturated rings. The third-order valence-electron chi connectivity index (χ3n) is 11.2. The zero-order valence-electron chi connectivity index (χ0n) is 31.6. The number of fused-ring (bicyclic) bond motifs is 7. The van der Waals surface area contributed by atoms with Crippen molar-refractivity contribution in [3.63, 3.8) is 0 Å². The first-order valence-corrected chi connectivity index (χ1v) is 19.6. The summed E-state index contributed by atoms with van der Waals surface area (Å²) in [5.74, 6) is 2.60. The molecule has 0 spiro atoms. The fourth-order valence-electron chi connectivity index (χ4n) is 8.54. The fourth-order valence-corrected chi connectivity index (χ4v) is 8.54. The van der Waals surface area contributed by atoms with Crippen molar-refractivity contribution in [2.45, 2.75) is 0 Å². The first-order valence-electron chi connectivity index (χ1n) is 19.6. The minimum absolute atomic E-state index is 0.569. The zero-order chi connectivity index (χ0) is 38.9. The van der Waals surface area contributed by atoms with Gasteiger partial charge in [0.1, 0.15) is 17.0 Å². The van der Waals surface area contributed by atoms with E-state index in [9.17, 15) is 0 Å². The Hall–Kier alpha value is -8.16. The summed E-state index contributed by atoms with van der Waals surface area (Å²) in [7, 11) is 0. The molecule has 7 heteroatoms. The Bertz CT molecular complexity index is 3510. The summed E-state index contributed by atoms with van der Waals surface area (Å²) in [4.78, 5) is 20.6. The highest BCUT2D eigenvalue weighted by molar-refractivity contribution is 6.13. The monoisotopic (exact) mass is 756 g/mol. The van der Waals surface area contributed by atoms with Crippen LogP contribution in [0, 0.1) is 0 Å². The normalized spacial score (nSPS) is 11.7. The molecule has 59 heavy (non-hydrogen) atoms. The highest BCUT2D eigenvalue weighted by atomic mass is 16.3. The van der Waals surface area contributed by atoms with E-state index in [-0.39, 0.29) is 0 Å². The van der Waals surface area contributed by atoms with Crippen molar-refractivity contribution in [3.8, 4) is 56.9 Å². The summed E-state index contributed by atoms with van der Waals surface area (Å²) >= 11 is 0. The van der Waals surface area contributed by atoms with Crippen molar-refractivity contribution >= 4 is 54.8 Å². The number of rotatable bonds is 6. The number of benzene rings is 8. The van der Waals surface area contributed by atoms with Gasteiger partial charge < -0.3 is 8.98 Å². The second-order valence-electron chi connectivity index (χ2n) is 14.7. The summed E-state index contributed by atoms with van der Waals surface area (Å²) in [6, 6.07) is 66.7. The number of aromatic nitrogens is 6. The minimum atomic E-state index is 0.569. The van der Waals surface area contributed by atoms with Gasteiger partial charge in [-0.2, -0.15) is 0 Å². The molecule has 0 N–H and O–H groups in total. The summed E-state index contributed by atoms with van der Waals surface area (Å²) in [5, 5.41) is 4.34. The molecule has 0 saturated carbocycles. The van der Waals surface area contributed by atoms with Gasteiger partial charge in [0, 0.05) is 55.2 Å². The van der Waals surface area contributed by atoms with Crippen molar-refractivity contribution in [1.82, 2.24) is 29.1 Å². The van der Waals surface area contributed by atoms with Crippen LogP contribution in [-0.2, 0) is 0 Å². The molecule has 0 aliphatic heterocycles. The molecule has 0 saturated heterocycles. The lowest BCUT2D eigenvalue weighted by Gasteiger charge is -2.12. The molecule has 0 atom stereocenters. The largest absolute Gasteiger partial charge is 0.456 e. The summed E-state index contributed by atoms with van der Waals surface area (Å²) in [6.07, 6.45) is 0. The molecule has 0 aliphatic carbocycles. The minimum Gasteiger partial charge on any atom is -0.456 e. The van der Waals surface area contributed by atoms with Crippen molar-refractivity contribution < 1.29 is 4.42 Å². The molecule has 0 radical (unpaired) electrons. The standard InChI is InChI=1S/C52H32N6O/c1-3-15-33(16-4-1)49-54-50(34-17-13-20-37(31-34)57-43-25-10-7-21-38(43)39-22-8-11-26-44(39)57)56-51(55-49)41-23-14-28-46-48(41)40-30-29-35(32-47(40)59-46)52-53-42-24-9-12-27-45(42)58(52)36-18-5-2-6-19-36/h1-32H. The van der Waals surface area contributed by atoms with Crippen molar-refractivity contribution in [2.24, 2.45) is 0 Å². The second-order valence-corrected chi connectivity index (χ2v) is 14.7. The van der Waals surface area contributed by atoms with E-state index >= 15 is 0 Å². The van der Waals surface area contributed by atoms with Gasteiger partial charge >= 0.3 is 0 Å². The Morgan fingerprint density at radius 2 is 0.966 bits per heavy atom. The first kappa shape index (κ1) is 33.0. The van der Waals surface area contributed by atoms with Crippen molar-refractivity contribution in [3.05, 3.63) is 194 Å². The van der Waals surface area contributed by atoms with Crippen LogP contribution in [0.5, 0.6) is 0 Å². The molecule has 12 rings (SSSR count). The highest BCUT2D eigenvalue weighted by Crippen LogP contribution is 2.39. The second kappa shape index (κ2) is 13.2. The van der Waals surface area contributed by atoms with E-state index in [0.717, 1.165) is 83.5 Å². The van der Waals surface area contributed by atoms with Crippen LogP contribution in [0.2, 0.25) is 0 Å². The number of para-hydroxylation sites is 5. The molecule has 0 unspecified atom stereocenters. The van der Waals surface area contributed by atoms with Crippen LogP contribution < -0.4 is 0 Å². The van der Waals surface area contributed by atoms with Gasteiger partial charge in [0.15, 0.2) is 17.5 Å². The molecular weight excluding hydrogens is 725 g/mol. The van der Waals surface area contributed by atoms with E-state index < -0.39 is 0 Å². The molecule has 0 amide bonds. The summed E-state index contributed by atoms with van der Waals surface area (Å²) in [6.45, 7) is 0. The Morgan fingerprint density at radius 1 is 0.356 bits per heavy atom. The van der Waals surface area contributed by atoms with Gasteiger partial charge in [-0.15, -0.1) is 0 Å². The molecule has 4 heterocycles. The molecule has 0 aliphatic rings. The van der Waals surface area contributed by atoms with Gasteiger partial charge in [0.05, 0.1) is 22.1 Å². The Kier molecular flexibility index (Phi) is 7.40. The molecule has 276 valence electrons. The van der Waals surface area contributed by atoms with Crippen LogP contribution in [0.1, 0.15) is 0 Å². The van der Waals surface area contributed by atoms with Gasteiger partial charge in [-0.3, -0.25) is 4.57 Å². The lowest BCUT2D eigenvalue weighted by molar-refractivity contribution is 0.669. The quantitative estimate of drug-likeness (QED) is 0.169. The predicted octanol–water partition coefficient (Wildman–Crippen LogP) is 12.9. The van der Waals surface area contributed by atoms with Gasteiger partial charge in [-0.1, -0.05) is 127 Å². The van der Waals surface area contributed by atoms with Gasteiger partial charge in [0.25, 0.3) is 0 Å². The van der Waals surface area contributed by atoms with Gasteiger partial charge in [0.2, 0.25) is 0 Å². The molecular formula is C52H32N6O. The topological polar surface area (TPSA) is 74.6 Å². The number of hydrogen-bond donors (Lipinski definition) is 0. The Morgan fingerprint density at radius 3 is 1.75 bits per heavy atom. The number of hydrogen-bond acceptors (Lipinski definition) is 5. The van der Waals surface area contributed by atoms with E-state index in [4.69, 9.17) is 24.4 Å². The van der Waals surface area contributed by atoms with Crippen LogP contribution in [0.25, 0.3) is 112 Å². The lowest BCUT2D eigenvalue weighted by atomic mass is 10.0. The lowest BCUT2D eigenvalue weighted by Crippen LogP contribution is -2.01. The average molecular weight is 757 g/mol. The van der Waals surface area contributed by atoms with E-state index in [1.165, 1.54) is 10.8 Å². The summed E-state index contributed by atoms with van der Waals surface area (Å²) in [5.41, 5.74) is 11.5. The van der Waals surface area contributed by atoms with Gasteiger partial charge in [-0.25, -0.2) is 19.9 Å². The zero-order valence-corrected chi connectivity index (χ0v) is 31.6. The van der Waals surface area contributed by atoms with Crippen LogP contribution in [0.4, 0.5) is 0 Å². The Balaban J connectivity index is 1.03. The van der Waals surface area contributed by atoms with E-state index in [1.807, 2.05) is 54.6 Å². The fraction of sp³-hybridized carbons (Fsp3) is 0. The molecule has 0 bridgehead atoms. The molecule has 12 aromatic rings. The molecule has 7 nitrogen and oxygen atoms in total. The average Bonchev–Trinajstić information content (AvgIpc) is 3.99. The van der Waals surface area contributed by atoms with Crippen LogP contribution in [0.15, 0.2) is 199 Å². The predicted molar refractivity (Wildman–Crippen MR) is 238 cm³/mol. The van der Waals surface area contributed by atoms with E-state index in [1.54, 1.807) is 0 Å². The summed E-state index contributed by atoms with van der Waals surface area (Å²) < 4.78 is 11.2. The molecule has 4 aromatic heterocycles. The van der Waals surface area contributed by atoms with Gasteiger partial charge in [-0.05, 0) is 66.7 Å². The number of imidazole rings is 1. The van der Waals surface area contributed by atoms with Crippen molar-refractivity contribution in [2.75, 3.05) is 0 Å². The Labute approximate surface area is 338 Å². The maximum absolute atomic E-state index is 6.64. The van der Waals surface area contributed by atoms with E-state index in [2.05, 4.69) is 149 Å². The molecule has 8 aromatic carbocycles. The third-order valence-corrected chi connectivity index (χ3v) is 11.2. The number of nitrogens with zero attached hydrogens (tertiary/aromatic N) is 6. The third kappa shape index (κ3) is 5.36. The highest BCUT2D eigenvalue weighted by Gasteiger charge is 2.21. The smallest absolute Gasteiger partial charge is 0.164 e. The van der Waals surface area contributed by atoms with Crippen LogP contribution in [-0.4, -0.2) is 29.1 Å². The first-order chi connectivity index (χ1) is 29.2. The van der Waals surface area contributed by atoms with E-state index in [0.29, 0.717) is 17.5 Å². The van der Waals surface area contributed by atoms with Crippen molar-refractivity contribution in [1.29, 1.82) is 0 Å². The van der Waals surface area contributed by atoms with Crippen LogP contribution in [0.3, 0.4) is 0 Å².